The molecule has 0 aliphatic carbocycles. The van der Waals surface area contributed by atoms with Gasteiger partial charge in [0, 0.05) is 18.1 Å². The van der Waals surface area contributed by atoms with Crippen molar-refractivity contribution in [2.45, 2.75) is 37.2 Å². The Hall–Kier alpha value is -3.17. The van der Waals surface area contributed by atoms with Gasteiger partial charge in [-0.1, -0.05) is 29.8 Å². The first kappa shape index (κ1) is 24.9. The van der Waals surface area contributed by atoms with Gasteiger partial charge in [0.15, 0.2) is 0 Å². The Morgan fingerprint density at radius 1 is 1.17 bits per heavy atom. The molecular formula is C25H22ClF2NO5S. The highest BCUT2D eigenvalue weighted by Crippen LogP contribution is 2.42. The van der Waals surface area contributed by atoms with Gasteiger partial charge in [-0.25, -0.2) is 17.2 Å². The molecule has 1 N–H and O–H groups in total. The lowest BCUT2D eigenvalue weighted by atomic mass is 10.0. The van der Waals surface area contributed by atoms with Crippen molar-refractivity contribution in [3.05, 3.63) is 76.8 Å². The summed E-state index contributed by atoms with van der Waals surface area (Å²) < 4.78 is 62.5. The van der Waals surface area contributed by atoms with Gasteiger partial charge in [0.25, 0.3) is 10.0 Å². The highest BCUT2D eigenvalue weighted by Gasteiger charge is 2.35. The zero-order valence-corrected chi connectivity index (χ0v) is 20.2. The largest absolute Gasteiger partial charge is 0.486 e. The first-order valence-electron chi connectivity index (χ1n) is 10.8. The second kappa shape index (κ2) is 9.83. The minimum absolute atomic E-state index is 0.0579. The van der Waals surface area contributed by atoms with Crippen LogP contribution in [0.4, 0.5) is 14.5 Å². The molecule has 0 spiro atoms. The summed E-state index contributed by atoms with van der Waals surface area (Å²) in [6.45, 7) is 1.72. The van der Waals surface area contributed by atoms with Gasteiger partial charge in [-0.15, -0.1) is 0 Å². The minimum atomic E-state index is -4.04. The zero-order valence-electron chi connectivity index (χ0n) is 18.7. The van der Waals surface area contributed by atoms with Crippen molar-refractivity contribution in [2.24, 2.45) is 0 Å². The number of hydrogen-bond donors (Lipinski definition) is 1. The van der Waals surface area contributed by atoms with Crippen molar-refractivity contribution >= 4 is 33.3 Å². The summed E-state index contributed by atoms with van der Waals surface area (Å²) in [6, 6.07) is 12.7. The number of aryl methyl sites for hydroxylation is 1. The predicted octanol–water partition coefficient (Wildman–Crippen LogP) is 5.80. The van der Waals surface area contributed by atoms with Gasteiger partial charge in [-0.2, -0.15) is 0 Å². The molecule has 0 fully saturated rings. The number of carboxylic acid groups (broad SMARTS) is 1. The lowest BCUT2D eigenvalue weighted by molar-refractivity contribution is -0.137. The van der Waals surface area contributed by atoms with E-state index in [1.54, 1.807) is 25.1 Å². The summed E-state index contributed by atoms with van der Waals surface area (Å²) in [4.78, 5) is 11.0. The first-order chi connectivity index (χ1) is 16.6. The van der Waals surface area contributed by atoms with E-state index in [0.717, 1.165) is 11.6 Å². The second-order valence-corrected chi connectivity index (χ2v) is 10.6. The number of sulfonamides is 1. The van der Waals surface area contributed by atoms with Gasteiger partial charge in [0.05, 0.1) is 22.2 Å². The van der Waals surface area contributed by atoms with Gasteiger partial charge in [-0.3, -0.25) is 9.10 Å². The van der Waals surface area contributed by atoms with E-state index < -0.39 is 33.7 Å². The SMILES string of the molecule is Cc1cccc(S(=O)(=O)N2C[C@H](CCCC(=O)O)Oc3ccc(-c4cc(F)cc(F)c4Cl)cc32)c1. The van der Waals surface area contributed by atoms with Crippen LogP contribution in [0.3, 0.4) is 0 Å². The molecular weight excluding hydrogens is 500 g/mol. The Kier molecular flexibility index (Phi) is 7.00. The van der Waals surface area contributed by atoms with Crippen molar-refractivity contribution in [2.75, 3.05) is 10.8 Å². The Morgan fingerprint density at radius 3 is 2.66 bits per heavy atom. The molecule has 1 aliphatic heterocycles. The molecule has 0 saturated heterocycles. The predicted molar refractivity (Wildman–Crippen MR) is 128 cm³/mol. The average Bonchev–Trinajstić information content (AvgIpc) is 2.80. The van der Waals surface area contributed by atoms with E-state index in [9.17, 15) is 22.0 Å². The fourth-order valence-electron chi connectivity index (χ4n) is 4.01. The number of rotatable bonds is 7. The number of carboxylic acids is 1. The number of benzene rings is 3. The summed E-state index contributed by atoms with van der Waals surface area (Å²) in [6.07, 6.45) is -0.0135. The summed E-state index contributed by atoms with van der Waals surface area (Å²) >= 11 is 6.08. The maximum atomic E-state index is 14.1. The number of nitrogens with zero attached hydrogens (tertiary/aromatic N) is 1. The molecule has 1 heterocycles. The topological polar surface area (TPSA) is 83.9 Å². The van der Waals surface area contributed by atoms with Gasteiger partial charge in [0.1, 0.15) is 23.5 Å². The van der Waals surface area contributed by atoms with Gasteiger partial charge < -0.3 is 9.84 Å². The van der Waals surface area contributed by atoms with E-state index in [1.165, 1.54) is 28.6 Å². The van der Waals surface area contributed by atoms with Crippen LogP contribution >= 0.6 is 11.6 Å². The van der Waals surface area contributed by atoms with E-state index in [2.05, 4.69) is 0 Å². The molecule has 6 nitrogen and oxygen atoms in total. The molecule has 4 rings (SSSR count). The summed E-state index contributed by atoms with van der Waals surface area (Å²) in [5, 5.41) is 8.66. The zero-order chi connectivity index (χ0) is 25.3. The standard InChI is InChI=1S/C25H22ClF2NO5S/c1-15-4-2-6-19(10-15)35(32,33)29-14-18(5-3-7-24(30)31)34-23-9-8-16(11-22(23)29)20-12-17(27)13-21(28)25(20)26/h2,4,6,8-13,18H,3,5,7,14H2,1H3,(H,30,31)/t18-/m0/s1. The van der Waals surface area contributed by atoms with Gasteiger partial charge >= 0.3 is 5.97 Å². The third-order valence-electron chi connectivity index (χ3n) is 5.69. The van der Waals surface area contributed by atoms with Crippen LogP contribution in [0.2, 0.25) is 5.02 Å². The normalized spacial score (nSPS) is 15.4. The number of halogens is 3. The van der Waals surface area contributed by atoms with Crippen LogP contribution in [-0.2, 0) is 14.8 Å². The summed E-state index contributed by atoms with van der Waals surface area (Å²) in [7, 11) is -4.04. The molecule has 10 heteroatoms. The van der Waals surface area contributed by atoms with Crippen molar-refractivity contribution in [1.82, 2.24) is 0 Å². The molecule has 35 heavy (non-hydrogen) atoms. The van der Waals surface area contributed by atoms with Crippen molar-refractivity contribution < 1.29 is 31.8 Å². The smallest absolute Gasteiger partial charge is 0.303 e. The molecule has 1 atom stereocenters. The van der Waals surface area contributed by atoms with E-state index in [0.29, 0.717) is 24.5 Å². The number of hydrogen-bond acceptors (Lipinski definition) is 4. The van der Waals surface area contributed by atoms with Crippen LogP contribution in [0.1, 0.15) is 24.8 Å². The fraction of sp³-hybridized carbons (Fsp3) is 0.240. The quantitative estimate of drug-likeness (QED) is 0.397. The first-order valence-corrected chi connectivity index (χ1v) is 12.6. The third-order valence-corrected chi connectivity index (χ3v) is 7.85. The Labute approximate surface area is 206 Å². The lowest BCUT2D eigenvalue weighted by Crippen LogP contribution is -2.43. The minimum Gasteiger partial charge on any atom is -0.486 e. The number of carbonyl (C=O) groups is 1. The van der Waals surface area contributed by atoms with Gasteiger partial charge in [-0.05, 0) is 61.2 Å². The highest BCUT2D eigenvalue weighted by molar-refractivity contribution is 7.92. The molecule has 0 unspecified atom stereocenters. The van der Waals surface area contributed by atoms with Crippen LogP contribution in [0, 0.1) is 18.6 Å². The van der Waals surface area contributed by atoms with Crippen LogP contribution in [0.25, 0.3) is 11.1 Å². The maximum Gasteiger partial charge on any atom is 0.303 e. The molecule has 0 aromatic heterocycles. The molecule has 0 saturated carbocycles. The molecule has 0 amide bonds. The van der Waals surface area contributed by atoms with Gasteiger partial charge in [0.2, 0.25) is 0 Å². The Balaban J connectivity index is 1.80. The molecule has 184 valence electrons. The van der Waals surface area contributed by atoms with Crippen molar-refractivity contribution in [3.63, 3.8) is 0 Å². The summed E-state index contributed by atoms with van der Waals surface area (Å²) in [5.41, 5.74) is 1.33. The second-order valence-electron chi connectivity index (χ2n) is 8.31. The van der Waals surface area contributed by atoms with E-state index in [-0.39, 0.29) is 39.9 Å². The van der Waals surface area contributed by atoms with Crippen molar-refractivity contribution in [1.29, 1.82) is 0 Å². The molecule has 1 aliphatic rings. The van der Waals surface area contributed by atoms with E-state index in [4.69, 9.17) is 21.4 Å². The number of anilines is 1. The number of aliphatic carboxylic acids is 1. The molecule has 0 radical (unpaired) electrons. The molecule has 3 aromatic carbocycles. The van der Waals surface area contributed by atoms with Crippen LogP contribution in [0.15, 0.2) is 59.5 Å². The molecule has 3 aromatic rings. The van der Waals surface area contributed by atoms with Crippen molar-refractivity contribution in [3.8, 4) is 16.9 Å². The molecule has 0 bridgehead atoms. The van der Waals surface area contributed by atoms with E-state index in [1.807, 2.05) is 0 Å². The third kappa shape index (κ3) is 5.26. The lowest BCUT2D eigenvalue weighted by Gasteiger charge is -2.36. The number of fused-ring (bicyclic) bond motifs is 1. The Bertz CT molecular complexity index is 1400. The Morgan fingerprint density at radius 2 is 1.94 bits per heavy atom. The highest BCUT2D eigenvalue weighted by atomic mass is 35.5. The van der Waals surface area contributed by atoms with E-state index >= 15 is 0 Å². The fourth-order valence-corrected chi connectivity index (χ4v) is 5.83. The monoisotopic (exact) mass is 521 g/mol. The van der Waals surface area contributed by atoms with Crippen LogP contribution in [-0.4, -0.2) is 32.1 Å². The maximum absolute atomic E-state index is 14.1. The number of ether oxygens (including phenoxy) is 1. The van der Waals surface area contributed by atoms with Crippen LogP contribution in [0.5, 0.6) is 5.75 Å². The average molecular weight is 522 g/mol. The van der Waals surface area contributed by atoms with Crippen LogP contribution < -0.4 is 9.04 Å². The summed E-state index contributed by atoms with van der Waals surface area (Å²) in [5.74, 6) is -2.45.